The lowest BCUT2D eigenvalue weighted by Crippen LogP contribution is -2.14. The van der Waals surface area contributed by atoms with Crippen molar-refractivity contribution < 1.29 is 16.8 Å². The molecule has 3 aromatic rings. The van der Waals surface area contributed by atoms with E-state index in [2.05, 4.69) is 9.44 Å². The molecule has 2 N–H and O–H groups in total. The molecule has 0 saturated carbocycles. The van der Waals surface area contributed by atoms with Crippen LogP contribution in [0, 0.1) is 0 Å². The van der Waals surface area contributed by atoms with Crippen molar-refractivity contribution >= 4 is 54.6 Å². The van der Waals surface area contributed by atoms with Crippen molar-refractivity contribution in [3.8, 4) is 0 Å². The Balaban J connectivity index is 1.80. The maximum atomic E-state index is 12.5. The number of rotatable bonds is 6. The fourth-order valence-corrected chi connectivity index (χ4v) is 4.99. The van der Waals surface area contributed by atoms with Gasteiger partial charge in [0.05, 0.1) is 15.5 Å². The van der Waals surface area contributed by atoms with Crippen molar-refractivity contribution in [1.82, 2.24) is 0 Å². The predicted molar refractivity (Wildman–Crippen MR) is 111 cm³/mol. The van der Waals surface area contributed by atoms with Gasteiger partial charge in [0, 0.05) is 15.7 Å². The molecule has 0 aromatic heterocycles. The number of hydrogen-bond acceptors (Lipinski definition) is 4. The van der Waals surface area contributed by atoms with Crippen molar-refractivity contribution in [2.24, 2.45) is 0 Å². The van der Waals surface area contributed by atoms with E-state index in [1.807, 2.05) is 0 Å². The van der Waals surface area contributed by atoms with Gasteiger partial charge >= 0.3 is 0 Å². The number of anilines is 2. The van der Waals surface area contributed by atoms with E-state index in [-0.39, 0.29) is 31.2 Å². The maximum Gasteiger partial charge on any atom is 0.261 e. The third kappa shape index (κ3) is 4.96. The van der Waals surface area contributed by atoms with Gasteiger partial charge in [-0.3, -0.25) is 9.44 Å². The number of hydrogen-bond donors (Lipinski definition) is 2. The van der Waals surface area contributed by atoms with Crippen LogP contribution in [0.25, 0.3) is 0 Å². The smallest absolute Gasteiger partial charge is 0.261 e. The Morgan fingerprint density at radius 2 is 1.04 bits per heavy atom. The lowest BCUT2D eigenvalue weighted by atomic mass is 10.3. The van der Waals surface area contributed by atoms with Gasteiger partial charge in [0.2, 0.25) is 0 Å². The van der Waals surface area contributed by atoms with E-state index in [0.717, 1.165) is 0 Å². The average molecular weight is 457 g/mol. The lowest BCUT2D eigenvalue weighted by molar-refractivity contribution is 0.600. The third-order valence-corrected chi connectivity index (χ3v) is 6.82. The van der Waals surface area contributed by atoms with Crippen LogP contribution >= 0.6 is 23.2 Å². The monoisotopic (exact) mass is 456 g/mol. The molecule has 0 aliphatic carbocycles. The molecule has 0 saturated heterocycles. The molecular formula is C18H14Cl2N2O4S2. The van der Waals surface area contributed by atoms with Crippen molar-refractivity contribution in [3.05, 3.63) is 82.8 Å². The molecule has 28 heavy (non-hydrogen) atoms. The summed E-state index contributed by atoms with van der Waals surface area (Å²) in [5, 5.41) is 0.576. The molecule has 0 fully saturated rings. The van der Waals surface area contributed by atoms with E-state index >= 15 is 0 Å². The summed E-state index contributed by atoms with van der Waals surface area (Å²) in [6.45, 7) is 0. The highest BCUT2D eigenvalue weighted by molar-refractivity contribution is 7.93. The maximum absolute atomic E-state index is 12.5. The minimum Gasteiger partial charge on any atom is -0.280 e. The molecule has 6 nitrogen and oxygen atoms in total. The summed E-state index contributed by atoms with van der Waals surface area (Å²) in [6.07, 6.45) is 0. The van der Waals surface area contributed by atoms with Gasteiger partial charge in [-0.2, -0.15) is 0 Å². The molecule has 3 rings (SSSR count). The second-order valence-corrected chi connectivity index (χ2v) is 9.94. The van der Waals surface area contributed by atoms with Gasteiger partial charge in [0.1, 0.15) is 0 Å². The highest BCUT2D eigenvalue weighted by atomic mass is 35.5. The minimum atomic E-state index is -3.90. The molecule has 3 aromatic carbocycles. The molecule has 0 spiro atoms. The number of sulfonamides is 2. The van der Waals surface area contributed by atoms with Crippen molar-refractivity contribution in [2.75, 3.05) is 9.44 Å². The average Bonchev–Trinajstić information content (AvgIpc) is 2.61. The molecule has 10 heteroatoms. The molecule has 0 heterocycles. The molecule has 0 amide bonds. The van der Waals surface area contributed by atoms with Crippen LogP contribution in [0.5, 0.6) is 0 Å². The summed E-state index contributed by atoms with van der Waals surface area (Å²) < 4.78 is 54.4. The number of benzene rings is 3. The van der Waals surface area contributed by atoms with Crippen LogP contribution in [0.2, 0.25) is 10.0 Å². The van der Waals surface area contributed by atoms with Gasteiger partial charge in [0.25, 0.3) is 20.0 Å². The van der Waals surface area contributed by atoms with Gasteiger partial charge in [-0.05, 0) is 54.6 Å². The van der Waals surface area contributed by atoms with Gasteiger partial charge in [-0.25, -0.2) is 16.8 Å². The highest BCUT2D eigenvalue weighted by Crippen LogP contribution is 2.25. The van der Waals surface area contributed by atoms with Gasteiger partial charge in [0.15, 0.2) is 0 Å². The normalized spacial score (nSPS) is 11.8. The molecule has 0 unspecified atom stereocenters. The Labute approximate surface area is 173 Å². The Bertz CT molecular complexity index is 1180. The molecular weight excluding hydrogens is 443 g/mol. The van der Waals surface area contributed by atoms with Crippen LogP contribution in [0.15, 0.2) is 82.6 Å². The summed E-state index contributed by atoms with van der Waals surface area (Å²) in [5.74, 6) is 0. The fraction of sp³-hybridized carbons (Fsp3) is 0. The molecule has 0 radical (unpaired) electrons. The van der Waals surface area contributed by atoms with Crippen LogP contribution in [-0.2, 0) is 20.0 Å². The van der Waals surface area contributed by atoms with E-state index in [1.165, 1.54) is 54.6 Å². The zero-order valence-electron chi connectivity index (χ0n) is 14.1. The second kappa shape index (κ2) is 8.00. The van der Waals surface area contributed by atoms with E-state index in [4.69, 9.17) is 23.2 Å². The Morgan fingerprint density at radius 1 is 0.571 bits per heavy atom. The molecule has 0 bridgehead atoms. The lowest BCUT2D eigenvalue weighted by Gasteiger charge is -2.11. The van der Waals surface area contributed by atoms with E-state index in [1.54, 1.807) is 18.2 Å². The van der Waals surface area contributed by atoms with Crippen LogP contribution in [0.3, 0.4) is 0 Å². The van der Waals surface area contributed by atoms with E-state index in [0.29, 0.717) is 0 Å². The Morgan fingerprint density at radius 3 is 1.57 bits per heavy atom. The van der Waals surface area contributed by atoms with E-state index < -0.39 is 20.0 Å². The van der Waals surface area contributed by atoms with Crippen LogP contribution in [0.4, 0.5) is 11.4 Å². The summed E-state index contributed by atoms with van der Waals surface area (Å²) in [7, 11) is -7.67. The molecule has 0 aliphatic rings. The van der Waals surface area contributed by atoms with Gasteiger partial charge < -0.3 is 0 Å². The largest absolute Gasteiger partial charge is 0.280 e. The highest BCUT2D eigenvalue weighted by Gasteiger charge is 2.17. The first-order valence-corrected chi connectivity index (χ1v) is 11.5. The van der Waals surface area contributed by atoms with Crippen molar-refractivity contribution in [1.29, 1.82) is 0 Å². The van der Waals surface area contributed by atoms with Crippen LogP contribution in [-0.4, -0.2) is 16.8 Å². The predicted octanol–water partition coefficient (Wildman–Crippen LogP) is 4.60. The zero-order valence-corrected chi connectivity index (χ0v) is 17.3. The molecule has 0 aliphatic heterocycles. The Hall–Kier alpha value is -2.26. The van der Waals surface area contributed by atoms with Crippen LogP contribution in [0.1, 0.15) is 0 Å². The fourth-order valence-electron chi connectivity index (χ4n) is 2.34. The third-order valence-electron chi connectivity index (χ3n) is 3.59. The first-order valence-electron chi connectivity index (χ1n) is 7.83. The molecule has 0 atom stereocenters. The van der Waals surface area contributed by atoms with E-state index in [9.17, 15) is 16.8 Å². The van der Waals surface area contributed by atoms with Gasteiger partial charge in [-0.1, -0.05) is 41.4 Å². The summed E-state index contributed by atoms with van der Waals surface area (Å²) in [6, 6.07) is 17.5. The minimum absolute atomic E-state index is 0.0498. The topological polar surface area (TPSA) is 92.3 Å². The van der Waals surface area contributed by atoms with Gasteiger partial charge in [-0.15, -0.1) is 0 Å². The van der Waals surface area contributed by atoms with Crippen molar-refractivity contribution in [3.63, 3.8) is 0 Å². The number of halogens is 2. The summed E-state index contributed by atoms with van der Waals surface area (Å²) in [5.41, 5.74) is 0.444. The standard InChI is InChI=1S/C18H14Cl2N2O4S2/c19-13-10-14(20)12-16(11-13)22-28(25,26)18-8-6-15(7-9-18)21-27(23,24)17-4-2-1-3-5-17/h1-12,21-22H. The Kier molecular flexibility index (Phi) is 5.85. The summed E-state index contributed by atoms with van der Waals surface area (Å²) >= 11 is 11.7. The SMILES string of the molecule is O=S(=O)(Nc1ccc(S(=O)(=O)Nc2cc(Cl)cc(Cl)c2)cc1)c1ccccc1. The molecule has 146 valence electrons. The second-order valence-electron chi connectivity index (χ2n) is 5.71. The number of nitrogens with one attached hydrogen (secondary N) is 2. The zero-order chi connectivity index (χ0) is 20.4. The quantitative estimate of drug-likeness (QED) is 0.566. The van der Waals surface area contributed by atoms with Crippen molar-refractivity contribution in [2.45, 2.75) is 9.79 Å². The first kappa shape index (κ1) is 20.5. The first-order chi connectivity index (χ1) is 13.2. The van der Waals surface area contributed by atoms with Crippen LogP contribution < -0.4 is 9.44 Å². The summed E-state index contributed by atoms with van der Waals surface area (Å²) in [4.78, 5) is 0.0532.